The Balaban J connectivity index is 1.84. The summed E-state index contributed by atoms with van der Waals surface area (Å²) < 4.78 is 5.20. The normalized spacial score (nSPS) is 13.9. The zero-order valence-corrected chi connectivity index (χ0v) is 16.2. The maximum Gasteiger partial charge on any atom is 0.341 e. The summed E-state index contributed by atoms with van der Waals surface area (Å²) >= 11 is 7.04. The molecule has 2 aromatic rings. The Morgan fingerprint density at radius 1 is 1.31 bits per heavy atom. The molecule has 1 aromatic carbocycles. The van der Waals surface area contributed by atoms with Gasteiger partial charge in [-0.15, -0.1) is 22.9 Å². The van der Waals surface area contributed by atoms with Crippen LogP contribution in [-0.4, -0.2) is 35.8 Å². The number of fused-ring (bicyclic) bond motifs is 1. The summed E-state index contributed by atoms with van der Waals surface area (Å²) in [6, 6.07) is 10.3. The summed E-state index contributed by atoms with van der Waals surface area (Å²) in [5.41, 5.74) is 2.74. The van der Waals surface area contributed by atoms with E-state index in [1.54, 1.807) is 6.92 Å². The van der Waals surface area contributed by atoms with Crippen LogP contribution in [0, 0.1) is 0 Å². The lowest BCUT2D eigenvalue weighted by Gasteiger charge is -2.27. The highest BCUT2D eigenvalue weighted by Gasteiger charge is 2.29. The van der Waals surface area contributed by atoms with Crippen LogP contribution in [0.1, 0.15) is 33.3 Å². The first-order valence-corrected chi connectivity index (χ1v) is 9.91. The standard InChI is InChI=1S/C19H21ClN2O3S/c1-2-25-19(24)17-14-8-9-22(11-13-6-4-3-5-7-13)12-15(14)26-18(17)21-16(23)10-20/h3-7H,2,8-12H2,1H3,(H,21,23). The number of rotatable bonds is 6. The summed E-state index contributed by atoms with van der Waals surface area (Å²) in [7, 11) is 0. The Morgan fingerprint density at radius 3 is 2.77 bits per heavy atom. The SMILES string of the molecule is CCOC(=O)c1c(NC(=O)CCl)sc2c1CCN(Cc1ccccc1)C2. The number of benzene rings is 1. The topological polar surface area (TPSA) is 58.6 Å². The van der Waals surface area contributed by atoms with Crippen molar-refractivity contribution in [1.29, 1.82) is 0 Å². The van der Waals surface area contributed by atoms with Crippen LogP contribution in [0.15, 0.2) is 30.3 Å². The highest BCUT2D eigenvalue weighted by atomic mass is 35.5. The van der Waals surface area contributed by atoms with E-state index >= 15 is 0 Å². The van der Waals surface area contributed by atoms with E-state index < -0.39 is 0 Å². The van der Waals surface area contributed by atoms with Crippen molar-refractivity contribution in [1.82, 2.24) is 4.90 Å². The van der Waals surface area contributed by atoms with Crippen molar-refractivity contribution < 1.29 is 14.3 Å². The van der Waals surface area contributed by atoms with Gasteiger partial charge in [0.1, 0.15) is 10.9 Å². The zero-order chi connectivity index (χ0) is 18.5. The smallest absolute Gasteiger partial charge is 0.341 e. The van der Waals surface area contributed by atoms with E-state index in [2.05, 4.69) is 22.3 Å². The summed E-state index contributed by atoms with van der Waals surface area (Å²) in [5, 5.41) is 3.29. The largest absolute Gasteiger partial charge is 0.462 e. The van der Waals surface area contributed by atoms with Crippen molar-refractivity contribution in [3.05, 3.63) is 51.9 Å². The second-order valence-electron chi connectivity index (χ2n) is 6.06. The number of halogens is 1. The van der Waals surface area contributed by atoms with Crippen LogP contribution >= 0.6 is 22.9 Å². The highest BCUT2D eigenvalue weighted by Crippen LogP contribution is 2.38. The minimum atomic E-state index is -0.383. The molecule has 0 fully saturated rings. The molecule has 0 atom stereocenters. The van der Waals surface area contributed by atoms with Crippen LogP contribution in [-0.2, 0) is 29.0 Å². The Bertz CT molecular complexity index is 792. The fourth-order valence-corrected chi connectivity index (χ4v) is 4.46. The molecule has 0 radical (unpaired) electrons. The van der Waals surface area contributed by atoms with Crippen molar-refractivity contribution in [2.24, 2.45) is 0 Å². The van der Waals surface area contributed by atoms with Crippen LogP contribution in [0.5, 0.6) is 0 Å². The molecule has 26 heavy (non-hydrogen) atoms. The van der Waals surface area contributed by atoms with E-state index in [1.165, 1.54) is 16.9 Å². The third kappa shape index (κ3) is 4.26. The number of ether oxygens (including phenoxy) is 1. The predicted octanol–water partition coefficient (Wildman–Crippen LogP) is 3.66. The summed E-state index contributed by atoms with van der Waals surface area (Å²) in [5.74, 6) is -0.853. The van der Waals surface area contributed by atoms with Crippen molar-refractivity contribution in [2.75, 3.05) is 24.3 Å². The van der Waals surface area contributed by atoms with E-state index in [0.717, 1.165) is 36.5 Å². The number of nitrogens with zero attached hydrogens (tertiary/aromatic N) is 1. The van der Waals surface area contributed by atoms with Crippen LogP contribution in [0.2, 0.25) is 0 Å². The van der Waals surface area contributed by atoms with Gasteiger partial charge in [0.2, 0.25) is 5.91 Å². The first-order valence-electron chi connectivity index (χ1n) is 8.56. The number of carbonyl (C=O) groups is 2. The van der Waals surface area contributed by atoms with Crippen molar-refractivity contribution in [2.45, 2.75) is 26.4 Å². The molecular weight excluding hydrogens is 372 g/mol. The average Bonchev–Trinajstić information content (AvgIpc) is 2.99. The molecule has 138 valence electrons. The van der Waals surface area contributed by atoms with Crippen LogP contribution in [0.4, 0.5) is 5.00 Å². The lowest BCUT2D eigenvalue weighted by atomic mass is 10.0. The van der Waals surface area contributed by atoms with Gasteiger partial charge in [-0.3, -0.25) is 9.69 Å². The molecule has 3 rings (SSSR count). The third-order valence-electron chi connectivity index (χ3n) is 4.24. The lowest BCUT2D eigenvalue weighted by Crippen LogP contribution is -2.29. The van der Waals surface area contributed by atoms with E-state index in [0.29, 0.717) is 17.2 Å². The second kappa shape index (κ2) is 8.66. The van der Waals surface area contributed by atoms with Crippen LogP contribution in [0.25, 0.3) is 0 Å². The van der Waals surface area contributed by atoms with Gasteiger partial charge in [0.15, 0.2) is 0 Å². The molecule has 0 saturated carbocycles. The number of hydrogen-bond acceptors (Lipinski definition) is 5. The molecule has 7 heteroatoms. The molecule has 1 amide bonds. The van der Waals surface area contributed by atoms with Gasteiger partial charge < -0.3 is 10.1 Å². The van der Waals surface area contributed by atoms with Gasteiger partial charge in [0.25, 0.3) is 0 Å². The van der Waals surface area contributed by atoms with Gasteiger partial charge in [-0.05, 0) is 24.5 Å². The van der Waals surface area contributed by atoms with Gasteiger partial charge in [-0.2, -0.15) is 0 Å². The van der Waals surface area contributed by atoms with Gasteiger partial charge >= 0.3 is 5.97 Å². The number of amides is 1. The molecule has 2 heterocycles. The molecule has 0 bridgehead atoms. The van der Waals surface area contributed by atoms with Crippen LogP contribution < -0.4 is 5.32 Å². The minimum Gasteiger partial charge on any atom is -0.462 e. The molecule has 1 aliphatic heterocycles. The van der Waals surface area contributed by atoms with Crippen LogP contribution in [0.3, 0.4) is 0 Å². The number of thiophene rings is 1. The van der Waals surface area contributed by atoms with Gasteiger partial charge in [-0.25, -0.2) is 4.79 Å². The highest BCUT2D eigenvalue weighted by molar-refractivity contribution is 7.17. The van der Waals surface area contributed by atoms with Crippen molar-refractivity contribution in [3.8, 4) is 0 Å². The predicted molar refractivity (Wildman–Crippen MR) is 104 cm³/mol. The second-order valence-corrected chi connectivity index (χ2v) is 7.43. The molecule has 1 N–H and O–H groups in total. The van der Waals surface area contributed by atoms with Gasteiger partial charge in [0.05, 0.1) is 12.2 Å². The van der Waals surface area contributed by atoms with Gasteiger partial charge in [-0.1, -0.05) is 30.3 Å². The molecule has 0 spiro atoms. The Kier molecular flexibility index (Phi) is 6.29. The molecule has 0 saturated heterocycles. The first kappa shape index (κ1) is 18.9. The number of anilines is 1. The summed E-state index contributed by atoms with van der Waals surface area (Å²) in [6.45, 7) is 4.53. The maximum atomic E-state index is 12.4. The quantitative estimate of drug-likeness (QED) is 0.602. The average molecular weight is 393 g/mol. The fraction of sp³-hybridized carbons (Fsp3) is 0.368. The van der Waals surface area contributed by atoms with E-state index in [4.69, 9.17) is 16.3 Å². The number of alkyl halides is 1. The third-order valence-corrected chi connectivity index (χ3v) is 5.61. The molecule has 1 aromatic heterocycles. The Hall–Kier alpha value is -1.89. The number of hydrogen-bond donors (Lipinski definition) is 1. The monoisotopic (exact) mass is 392 g/mol. The summed E-state index contributed by atoms with van der Waals surface area (Å²) in [4.78, 5) is 27.6. The molecule has 0 unspecified atom stereocenters. The van der Waals surface area contributed by atoms with Crippen molar-refractivity contribution in [3.63, 3.8) is 0 Å². The summed E-state index contributed by atoms with van der Waals surface area (Å²) in [6.07, 6.45) is 0.754. The lowest BCUT2D eigenvalue weighted by molar-refractivity contribution is -0.113. The number of esters is 1. The Morgan fingerprint density at radius 2 is 2.08 bits per heavy atom. The van der Waals surface area contributed by atoms with Crippen molar-refractivity contribution >= 4 is 39.8 Å². The molecule has 0 aliphatic carbocycles. The molecular formula is C19H21ClN2O3S. The first-order chi connectivity index (χ1) is 12.6. The van der Waals surface area contributed by atoms with E-state index in [-0.39, 0.29) is 17.8 Å². The zero-order valence-electron chi connectivity index (χ0n) is 14.6. The number of nitrogens with one attached hydrogen (secondary N) is 1. The Labute approximate surface area is 161 Å². The molecule has 5 nitrogen and oxygen atoms in total. The fourth-order valence-electron chi connectivity index (χ4n) is 3.10. The van der Waals surface area contributed by atoms with E-state index in [9.17, 15) is 9.59 Å². The van der Waals surface area contributed by atoms with Gasteiger partial charge in [0, 0.05) is 24.5 Å². The molecule has 1 aliphatic rings. The minimum absolute atomic E-state index is 0.148. The van der Waals surface area contributed by atoms with E-state index in [1.807, 2.05) is 18.2 Å². The maximum absolute atomic E-state index is 12.4. The number of carbonyl (C=O) groups excluding carboxylic acids is 2.